The molecule has 4 N–H and O–H groups in total. The molecule has 8 heteroatoms. The summed E-state index contributed by atoms with van der Waals surface area (Å²) in [7, 11) is 6.79. The molecule has 2 aliphatic carbocycles. The Morgan fingerprint density at radius 2 is 0.672 bits per heavy atom. The van der Waals surface area contributed by atoms with Crippen molar-refractivity contribution in [1.29, 1.82) is 0 Å². The van der Waals surface area contributed by atoms with E-state index in [2.05, 4.69) is 146 Å². The number of benzene rings is 8. The maximum atomic E-state index is 16.0. The van der Waals surface area contributed by atoms with Gasteiger partial charge in [0.15, 0.2) is 0 Å². The summed E-state index contributed by atoms with van der Waals surface area (Å²) in [6.45, 7) is 0. The van der Waals surface area contributed by atoms with Gasteiger partial charge in [-0.2, -0.15) is 0 Å². The molecule has 67 heavy (non-hydrogen) atoms. The Labute approximate surface area is 415 Å². The van der Waals surface area contributed by atoms with Gasteiger partial charge in [0.1, 0.15) is 31.8 Å². The fraction of sp³-hybridized carbons (Fsp3) is 0.169. The minimum absolute atomic E-state index is 0.163. The molecule has 338 valence electrons. The second kappa shape index (κ2) is 24.6. The third-order valence-electron chi connectivity index (χ3n) is 13.1. The van der Waals surface area contributed by atoms with Crippen molar-refractivity contribution in [1.82, 2.24) is 0 Å². The number of nitrogens with two attached hydrogens (primary N) is 2. The van der Waals surface area contributed by atoms with Gasteiger partial charge < -0.3 is 11.5 Å². The monoisotopic (exact) mass is 1040 g/mol. The van der Waals surface area contributed by atoms with Gasteiger partial charge in [0.05, 0.1) is 27.0 Å². The van der Waals surface area contributed by atoms with Crippen LogP contribution in [0.2, 0.25) is 0 Å². The van der Waals surface area contributed by atoms with Crippen LogP contribution in [0.5, 0.6) is 0 Å². The number of ketones is 1. The zero-order valence-electron chi connectivity index (χ0n) is 37.6. The Hall–Kier alpha value is -4.59. The summed E-state index contributed by atoms with van der Waals surface area (Å²) in [6, 6.07) is 72.8. The standard InChI is InChI=1S/C45H40OP2.C14H16N2.2ClH.Ru/c46-45(43-39-27-15-13-17-33(39)29-31-41(43)47(35-19-5-1-6-20-35)36-21-7-2-8-22-36)44-40-28-16-14-18-34(40)30-32-42(44)48(37-23-9-3-10-24-37)38-25-11-4-12-26-38;15-13(11-7-3-1-4-8-11)14(16)12-9-5-2-6-10-12;;;/h1-12,19-26,29-32H,13-18,27-28H2;1-10,13-14H,15-16H2;2*1H;/q;;;;+4. The number of fused-ring (bicyclic) bond motifs is 2. The van der Waals surface area contributed by atoms with Crippen molar-refractivity contribution in [3.63, 3.8) is 0 Å². The molecular weight excluding hydrogens is 987 g/mol. The summed E-state index contributed by atoms with van der Waals surface area (Å²) in [5, 5.41) is 7.80. The van der Waals surface area contributed by atoms with Crippen molar-refractivity contribution in [3.05, 3.63) is 251 Å². The SMILES string of the molecule is NC(c1ccccc1)C(N)c1ccccc1.O=C(c1c([PH+](c2ccccc2)c2ccccc2)ccc2c1CCCC2)c1c([PH+](c2ccccc2)c2ccccc2)ccc2c1CCCC2.[Cl][Ru+2][Cl]. The van der Waals surface area contributed by atoms with Crippen LogP contribution < -0.4 is 43.3 Å². The van der Waals surface area contributed by atoms with Gasteiger partial charge in [0.2, 0.25) is 5.78 Å². The van der Waals surface area contributed by atoms with Crippen LogP contribution >= 0.6 is 35.2 Å². The first-order valence-corrected chi connectivity index (χ1v) is 30.7. The topological polar surface area (TPSA) is 69.1 Å². The summed E-state index contributed by atoms with van der Waals surface area (Å²) in [5.74, 6) is 0.265. The quantitative estimate of drug-likeness (QED) is 0.0770. The fourth-order valence-corrected chi connectivity index (χ4v) is 15.4. The first-order valence-electron chi connectivity index (χ1n) is 23.2. The molecule has 2 aliphatic rings. The summed E-state index contributed by atoms with van der Waals surface area (Å²) in [4.78, 5) is 16.0. The summed E-state index contributed by atoms with van der Waals surface area (Å²) in [5.41, 5.74) is 21.8. The Morgan fingerprint density at radius 3 is 0.970 bits per heavy atom. The zero-order valence-corrected chi connectivity index (χ0v) is 42.9. The van der Waals surface area contributed by atoms with Crippen LogP contribution in [0.15, 0.2) is 206 Å². The molecule has 8 aromatic rings. The molecule has 8 aromatic carbocycles. The predicted octanol–water partition coefficient (Wildman–Crippen LogP) is 11.4. The van der Waals surface area contributed by atoms with Crippen molar-refractivity contribution in [2.75, 3.05) is 0 Å². The third kappa shape index (κ3) is 11.8. The van der Waals surface area contributed by atoms with Gasteiger partial charge >= 0.3 is 34.5 Å². The molecule has 0 radical (unpaired) electrons. The van der Waals surface area contributed by atoms with E-state index < -0.39 is 15.8 Å². The van der Waals surface area contributed by atoms with Gasteiger partial charge in [0, 0.05) is 12.1 Å². The van der Waals surface area contributed by atoms with Gasteiger partial charge in [-0.15, -0.1) is 0 Å². The van der Waals surface area contributed by atoms with Gasteiger partial charge in [-0.05, 0) is 145 Å². The number of rotatable bonds is 11. The van der Waals surface area contributed by atoms with Crippen LogP contribution in [0.3, 0.4) is 0 Å². The molecule has 0 saturated heterocycles. The van der Waals surface area contributed by atoms with Crippen LogP contribution in [0, 0.1) is 0 Å². The second-order valence-electron chi connectivity index (χ2n) is 17.1. The Morgan fingerprint density at radius 1 is 0.403 bits per heavy atom. The van der Waals surface area contributed by atoms with E-state index >= 15 is 4.79 Å². The second-order valence-corrected chi connectivity index (χ2v) is 24.7. The number of aryl methyl sites for hydroxylation is 2. The van der Waals surface area contributed by atoms with Gasteiger partial charge in [-0.1, -0.05) is 146 Å². The normalized spacial score (nSPS) is 13.8. The Kier molecular flexibility index (Phi) is 18.0. The van der Waals surface area contributed by atoms with Crippen LogP contribution in [0.4, 0.5) is 0 Å². The minimum atomic E-state index is -1.46. The molecule has 3 nitrogen and oxygen atoms in total. The molecule has 0 aliphatic heterocycles. The van der Waals surface area contributed by atoms with Crippen LogP contribution in [-0.4, -0.2) is 5.78 Å². The molecular formula is C59H58Cl2N2OP2Ru+4. The fourth-order valence-electron chi connectivity index (χ4n) is 9.86. The van der Waals surface area contributed by atoms with Crippen LogP contribution in [0.1, 0.15) is 87.1 Å². The van der Waals surface area contributed by atoms with E-state index in [-0.39, 0.29) is 33.0 Å². The average molecular weight is 1050 g/mol. The van der Waals surface area contributed by atoms with E-state index in [1.165, 1.54) is 66.9 Å². The molecule has 0 saturated carbocycles. The van der Waals surface area contributed by atoms with Gasteiger partial charge in [-0.25, -0.2) is 0 Å². The molecule has 0 spiro atoms. The molecule has 2 unspecified atom stereocenters. The van der Waals surface area contributed by atoms with Gasteiger partial charge in [-0.3, -0.25) is 4.79 Å². The number of carbonyl (C=O) groups excluding carboxylic acids is 1. The average Bonchev–Trinajstić information content (AvgIpc) is 3.40. The third-order valence-corrected chi connectivity index (χ3v) is 18.6. The molecule has 10 rings (SSSR count). The van der Waals surface area contributed by atoms with Gasteiger partial charge in [0.25, 0.3) is 0 Å². The van der Waals surface area contributed by atoms with Crippen molar-refractivity contribution in [3.8, 4) is 0 Å². The maximum absolute atomic E-state index is 16.0. The first-order chi connectivity index (χ1) is 33.0. The summed E-state index contributed by atoms with van der Waals surface area (Å²) in [6.07, 6.45) is 8.71. The number of hydrogen-bond donors (Lipinski definition) is 2. The van der Waals surface area contributed by atoms with E-state index in [9.17, 15) is 0 Å². The zero-order chi connectivity index (χ0) is 46.4. The molecule has 0 fully saturated rings. The number of carbonyl (C=O) groups is 1. The Bertz CT molecular complexity index is 2530. The molecule has 0 aromatic heterocycles. The Balaban J connectivity index is 0.000000268. The summed E-state index contributed by atoms with van der Waals surface area (Å²) < 4.78 is 0. The van der Waals surface area contributed by atoms with E-state index in [4.69, 9.17) is 30.8 Å². The molecule has 0 bridgehead atoms. The van der Waals surface area contributed by atoms with Crippen LogP contribution in [-0.2, 0) is 40.8 Å². The van der Waals surface area contributed by atoms with Crippen molar-refractivity contribution >= 4 is 72.8 Å². The van der Waals surface area contributed by atoms with Crippen molar-refractivity contribution < 1.29 is 19.9 Å². The number of hydrogen-bond acceptors (Lipinski definition) is 3. The molecule has 2 atom stereocenters. The van der Waals surface area contributed by atoms with E-state index in [0.29, 0.717) is 0 Å². The predicted molar refractivity (Wildman–Crippen MR) is 288 cm³/mol. The van der Waals surface area contributed by atoms with Crippen molar-refractivity contribution in [2.24, 2.45) is 11.5 Å². The van der Waals surface area contributed by atoms with E-state index in [0.717, 1.165) is 60.8 Å². The summed E-state index contributed by atoms with van der Waals surface area (Å²) >= 11 is -0.346. The van der Waals surface area contributed by atoms with Crippen LogP contribution in [0.25, 0.3) is 0 Å². The van der Waals surface area contributed by atoms with E-state index in [1.807, 2.05) is 60.7 Å². The number of halogens is 2. The first kappa shape index (κ1) is 48.9. The van der Waals surface area contributed by atoms with E-state index in [1.54, 1.807) is 0 Å². The molecule has 0 heterocycles. The van der Waals surface area contributed by atoms with Crippen molar-refractivity contribution in [2.45, 2.75) is 63.5 Å². The molecule has 0 amide bonds.